The number of hydrogen-bond donors (Lipinski definition) is 1. The fraction of sp³-hybridized carbons (Fsp3) is 0.333. The highest BCUT2D eigenvalue weighted by molar-refractivity contribution is 6.00. The number of benzene rings is 2. The Morgan fingerprint density at radius 1 is 1.12 bits per heavy atom. The third-order valence-corrected chi connectivity index (χ3v) is 4.75. The van der Waals surface area contributed by atoms with Crippen LogP contribution in [-0.2, 0) is 9.59 Å². The van der Waals surface area contributed by atoms with E-state index in [9.17, 15) is 9.59 Å². The van der Waals surface area contributed by atoms with Crippen LogP contribution in [0.1, 0.15) is 37.7 Å². The first-order valence-electron chi connectivity index (χ1n) is 8.92. The van der Waals surface area contributed by atoms with Crippen molar-refractivity contribution in [2.24, 2.45) is 0 Å². The van der Waals surface area contributed by atoms with Gasteiger partial charge in [0.25, 0.3) is 0 Å². The molecular formula is C21H24N2O2. The lowest BCUT2D eigenvalue weighted by atomic mass is 9.94. The molecule has 0 spiro atoms. The van der Waals surface area contributed by atoms with E-state index in [1.54, 1.807) is 4.90 Å². The van der Waals surface area contributed by atoms with E-state index in [1.807, 2.05) is 67.6 Å². The lowest BCUT2D eigenvalue weighted by Gasteiger charge is -2.33. The summed E-state index contributed by atoms with van der Waals surface area (Å²) >= 11 is 0. The molecule has 4 heteroatoms. The minimum Gasteiger partial charge on any atom is -0.344 e. The van der Waals surface area contributed by atoms with Crippen LogP contribution in [0.5, 0.6) is 0 Å². The molecule has 3 rings (SSSR count). The predicted molar refractivity (Wildman–Crippen MR) is 99.4 cm³/mol. The summed E-state index contributed by atoms with van der Waals surface area (Å²) in [6.45, 7) is 2.70. The molecule has 2 atom stereocenters. The van der Waals surface area contributed by atoms with E-state index >= 15 is 0 Å². The first-order chi connectivity index (χ1) is 12.2. The topological polar surface area (TPSA) is 49.4 Å². The second-order valence-corrected chi connectivity index (χ2v) is 6.40. The molecule has 2 amide bonds. The van der Waals surface area contributed by atoms with Crippen LogP contribution in [0, 0.1) is 0 Å². The molecule has 1 fully saturated rings. The van der Waals surface area contributed by atoms with Gasteiger partial charge in [-0.15, -0.1) is 0 Å². The largest absolute Gasteiger partial charge is 0.344 e. The Balaban J connectivity index is 1.71. The highest BCUT2D eigenvalue weighted by Crippen LogP contribution is 2.23. The quantitative estimate of drug-likeness (QED) is 0.908. The van der Waals surface area contributed by atoms with Crippen molar-refractivity contribution in [2.75, 3.05) is 11.4 Å². The molecule has 130 valence electrons. The van der Waals surface area contributed by atoms with Gasteiger partial charge in [0.2, 0.25) is 11.8 Å². The first kappa shape index (κ1) is 17.2. The van der Waals surface area contributed by atoms with Gasteiger partial charge in [0, 0.05) is 12.2 Å². The maximum atomic E-state index is 12.8. The van der Waals surface area contributed by atoms with E-state index in [1.165, 1.54) is 0 Å². The molecule has 2 unspecified atom stereocenters. The van der Waals surface area contributed by atoms with Crippen LogP contribution in [0.15, 0.2) is 60.7 Å². The third kappa shape index (κ3) is 3.90. The van der Waals surface area contributed by atoms with Crippen molar-refractivity contribution in [3.8, 4) is 0 Å². The second kappa shape index (κ2) is 7.97. The first-order valence-corrected chi connectivity index (χ1v) is 8.92. The normalized spacial score (nSPS) is 18.7. The number of nitrogens with one attached hydrogen (secondary N) is 1. The summed E-state index contributed by atoms with van der Waals surface area (Å²) < 4.78 is 0. The highest BCUT2D eigenvalue weighted by Gasteiger charge is 2.32. The molecule has 2 aromatic carbocycles. The molecule has 1 aliphatic heterocycles. The fourth-order valence-electron chi connectivity index (χ4n) is 3.40. The van der Waals surface area contributed by atoms with E-state index < -0.39 is 6.04 Å². The van der Waals surface area contributed by atoms with Gasteiger partial charge in [-0.05, 0) is 37.0 Å². The number of rotatable bonds is 5. The van der Waals surface area contributed by atoms with E-state index in [2.05, 4.69) is 5.32 Å². The van der Waals surface area contributed by atoms with Crippen molar-refractivity contribution < 1.29 is 9.59 Å². The Morgan fingerprint density at radius 2 is 1.76 bits per heavy atom. The lowest BCUT2D eigenvalue weighted by Crippen LogP contribution is -2.53. The maximum Gasteiger partial charge on any atom is 0.249 e. The van der Waals surface area contributed by atoms with E-state index in [4.69, 9.17) is 0 Å². The van der Waals surface area contributed by atoms with E-state index in [0.717, 1.165) is 17.7 Å². The van der Waals surface area contributed by atoms with Crippen molar-refractivity contribution in [1.82, 2.24) is 5.32 Å². The molecule has 1 aliphatic rings. The van der Waals surface area contributed by atoms with Crippen molar-refractivity contribution in [1.29, 1.82) is 0 Å². The number of amides is 2. The van der Waals surface area contributed by atoms with Crippen molar-refractivity contribution in [2.45, 2.75) is 38.1 Å². The summed E-state index contributed by atoms with van der Waals surface area (Å²) in [5.41, 5.74) is 1.88. The molecule has 1 saturated heterocycles. The third-order valence-electron chi connectivity index (χ3n) is 4.75. The fourth-order valence-corrected chi connectivity index (χ4v) is 3.40. The SMILES string of the molecule is CCC(C(=O)NC1CCCN(c2ccccc2)C1=O)c1ccccc1. The zero-order chi connectivity index (χ0) is 17.6. The minimum atomic E-state index is -0.445. The Labute approximate surface area is 148 Å². The lowest BCUT2D eigenvalue weighted by molar-refractivity contribution is -0.129. The standard InChI is InChI=1S/C21H24N2O2/c1-2-18(16-10-5-3-6-11-16)20(24)22-19-14-9-15-23(21(19)25)17-12-7-4-8-13-17/h3-8,10-13,18-19H,2,9,14-15H2,1H3,(H,22,24). The van der Waals surface area contributed by atoms with Crippen LogP contribution in [0.3, 0.4) is 0 Å². The number of carbonyl (C=O) groups is 2. The molecule has 25 heavy (non-hydrogen) atoms. The van der Waals surface area contributed by atoms with Crippen LogP contribution < -0.4 is 10.2 Å². The van der Waals surface area contributed by atoms with Crippen molar-refractivity contribution in [3.05, 3.63) is 66.2 Å². The zero-order valence-corrected chi connectivity index (χ0v) is 14.5. The summed E-state index contributed by atoms with van der Waals surface area (Å²) in [6, 6.07) is 18.9. The number of carbonyl (C=O) groups excluding carboxylic acids is 2. The molecule has 0 bridgehead atoms. The smallest absolute Gasteiger partial charge is 0.249 e. The monoisotopic (exact) mass is 336 g/mol. The summed E-state index contributed by atoms with van der Waals surface area (Å²) in [5, 5.41) is 2.99. The molecule has 0 saturated carbocycles. The molecule has 1 N–H and O–H groups in total. The average molecular weight is 336 g/mol. The van der Waals surface area contributed by atoms with E-state index in [0.29, 0.717) is 19.4 Å². The molecular weight excluding hydrogens is 312 g/mol. The van der Waals surface area contributed by atoms with Gasteiger partial charge in [0.05, 0.1) is 5.92 Å². The van der Waals surface area contributed by atoms with Gasteiger partial charge < -0.3 is 10.2 Å². The molecule has 4 nitrogen and oxygen atoms in total. The summed E-state index contributed by atoms with van der Waals surface area (Å²) in [7, 11) is 0. The summed E-state index contributed by atoms with van der Waals surface area (Å²) in [6.07, 6.45) is 2.28. The van der Waals surface area contributed by atoms with Gasteiger partial charge >= 0.3 is 0 Å². The molecule has 1 heterocycles. The van der Waals surface area contributed by atoms with Crippen molar-refractivity contribution in [3.63, 3.8) is 0 Å². The predicted octanol–water partition coefficient (Wildman–Crippen LogP) is 3.49. The van der Waals surface area contributed by atoms with Crippen LogP contribution in [-0.4, -0.2) is 24.4 Å². The minimum absolute atomic E-state index is 0.0197. The summed E-state index contributed by atoms with van der Waals surface area (Å²) in [4.78, 5) is 27.3. The molecule has 0 aliphatic carbocycles. The van der Waals surface area contributed by atoms with Gasteiger partial charge in [-0.2, -0.15) is 0 Å². The van der Waals surface area contributed by atoms with Gasteiger partial charge in [0.1, 0.15) is 6.04 Å². The highest BCUT2D eigenvalue weighted by atomic mass is 16.2. The van der Waals surface area contributed by atoms with Crippen molar-refractivity contribution >= 4 is 17.5 Å². The molecule has 2 aromatic rings. The van der Waals surface area contributed by atoms with E-state index in [-0.39, 0.29) is 17.7 Å². The molecule has 0 aromatic heterocycles. The zero-order valence-electron chi connectivity index (χ0n) is 14.5. The van der Waals surface area contributed by atoms with Gasteiger partial charge in [-0.3, -0.25) is 9.59 Å². The number of hydrogen-bond acceptors (Lipinski definition) is 2. The van der Waals surface area contributed by atoms with Crippen LogP contribution in [0.2, 0.25) is 0 Å². The van der Waals surface area contributed by atoms with Gasteiger partial charge in [-0.1, -0.05) is 55.5 Å². The second-order valence-electron chi connectivity index (χ2n) is 6.40. The van der Waals surface area contributed by atoms with Gasteiger partial charge in [0.15, 0.2) is 0 Å². The Kier molecular flexibility index (Phi) is 5.49. The number of nitrogens with zero attached hydrogens (tertiary/aromatic N) is 1. The summed E-state index contributed by atoms with van der Waals surface area (Å²) in [5.74, 6) is -0.309. The number of piperidine rings is 1. The van der Waals surface area contributed by atoms with Gasteiger partial charge in [-0.25, -0.2) is 0 Å². The van der Waals surface area contributed by atoms with Crippen LogP contribution in [0.25, 0.3) is 0 Å². The Hall–Kier alpha value is -2.62. The Bertz CT molecular complexity index is 715. The Morgan fingerprint density at radius 3 is 2.40 bits per heavy atom. The number of anilines is 1. The van der Waals surface area contributed by atoms with Crippen LogP contribution in [0.4, 0.5) is 5.69 Å². The van der Waals surface area contributed by atoms with Crippen LogP contribution >= 0.6 is 0 Å². The number of para-hydroxylation sites is 1. The maximum absolute atomic E-state index is 12.8. The molecule has 0 radical (unpaired) electrons. The average Bonchev–Trinajstić information content (AvgIpc) is 2.66.